The van der Waals surface area contributed by atoms with E-state index in [0.717, 1.165) is 37.9 Å². The van der Waals surface area contributed by atoms with E-state index in [0.29, 0.717) is 30.6 Å². The molecule has 4 rings (SSSR count). The van der Waals surface area contributed by atoms with E-state index in [9.17, 15) is 9.59 Å². The third-order valence-electron chi connectivity index (χ3n) is 5.90. The second-order valence-corrected chi connectivity index (χ2v) is 7.91. The highest BCUT2D eigenvalue weighted by molar-refractivity contribution is 6.35. The second kappa shape index (κ2) is 8.17. The van der Waals surface area contributed by atoms with Crippen molar-refractivity contribution in [2.24, 2.45) is 5.92 Å². The summed E-state index contributed by atoms with van der Waals surface area (Å²) in [5, 5.41) is 3.58. The van der Waals surface area contributed by atoms with E-state index in [1.807, 2.05) is 18.2 Å². The molecule has 1 aromatic rings. The fourth-order valence-corrected chi connectivity index (χ4v) is 4.74. The van der Waals surface area contributed by atoms with Gasteiger partial charge < -0.3 is 19.7 Å². The number of carbonyl (C=O) groups is 2. The van der Waals surface area contributed by atoms with Gasteiger partial charge in [-0.15, -0.1) is 0 Å². The number of fused-ring (bicyclic) bond motifs is 1. The van der Waals surface area contributed by atoms with Gasteiger partial charge in [-0.1, -0.05) is 29.8 Å². The van der Waals surface area contributed by atoms with Crippen molar-refractivity contribution in [3.05, 3.63) is 34.9 Å². The number of halogens is 1. The van der Waals surface area contributed by atoms with E-state index < -0.39 is 11.8 Å². The van der Waals surface area contributed by atoms with Crippen molar-refractivity contribution in [2.75, 3.05) is 26.3 Å². The van der Waals surface area contributed by atoms with Crippen molar-refractivity contribution in [1.29, 1.82) is 0 Å². The van der Waals surface area contributed by atoms with E-state index in [1.165, 1.54) is 0 Å². The predicted octanol–water partition coefficient (Wildman–Crippen LogP) is 2.31. The van der Waals surface area contributed by atoms with Gasteiger partial charge in [0.2, 0.25) is 0 Å². The van der Waals surface area contributed by atoms with Crippen LogP contribution in [-0.4, -0.2) is 55.2 Å². The number of hydrogen-bond acceptors (Lipinski definition) is 4. The van der Waals surface area contributed by atoms with Gasteiger partial charge in [0.25, 0.3) is 0 Å². The maximum atomic E-state index is 12.7. The van der Waals surface area contributed by atoms with Gasteiger partial charge in [0, 0.05) is 35.7 Å². The van der Waals surface area contributed by atoms with Crippen LogP contribution in [-0.2, 0) is 19.1 Å². The lowest BCUT2D eigenvalue weighted by Crippen LogP contribution is -2.53. The van der Waals surface area contributed by atoms with E-state index in [1.54, 1.807) is 11.0 Å². The molecule has 0 spiro atoms. The average Bonchev–Trinajstić information content (AvgIpc) is 3.18. The number of morpholine rings is 1. The summed E-state index contributed by atoms with van der Waals surface area (Å²) in [6.07, 6.45) is 3.85. The lowest BCUT2D eigenvalue weighted by Gasteiger charge is -2.35. The standard InChI is InChI=1S/C20H25ClN2O4/c21-15-5-2-1-4-13(15)18-12-23(9-11-27-18)20(25)19(24)22-16-6-3-7-17-14(16)8-10-26-17/h1-2,4-5,14,16-18H,3,6-12H2,(H,22,24). The van der Waals surface area contributed by atoms with Gasteiger partial charge in [-0.05, 0) is 31.7 Å². The fourth-order valence-electron chi connectivity index (χ4n) is 4.49. The van der Waals surface area contributed by atoms with Crippen LogP contribution in [0.5, 0.6) is 0 Å². The Kier molecular flexibility index (Phi) is 5.66. The van der Waals surface area contributed by atoms with Gasteiger partial charge >= 0.3 is 11.8 Å². The van der Waals surface area contributed by atoms with Crippen molar-refractivity contribution in [2.45, 2.75) is 43.9 Å². The number of carbonyl (C=O) groups excluding carboxylic acids is 2. The van der Waals surface area contributed by atoms with Crippen molar-refractivity contribution >= 4 is 23.4 Å². The molecular weight excluding hydrogens is 368 g/mol. The normalized spacial score (nSPS) is 30.6. The molecule has 3 fully saturated rings. The molecule has 1 saturated carbocycles. The Hall–Kier alpha value is -1.63. The van der Waals surface area contributed by atoms with Gasteiger partial charge in [0.1, 0.15) is 6.10 Å². The number of ether oxygens (including phenoxy) is 2. The molecule has 4 atom stereocenters. The molecule has 2 saturated heterocycles. The monoisotopic (exact) mass is 392 g/mol. The van der Waals surface area contributed by atoms with Crippen molar-refractivity contribution in [1.82, 2.24) is 10.2 Å². The summed E-state index contributed by atoms with van der Waals surface area (Å²) in [5.41, 5.74) is 0.843. The Morgan fingerprint density at radius 3 is 2.81 bits per heavy atom. The highest BCUT2D eigenvalue weighted by Gasteiger charge is 2.39. The molecule has 27 heavy (non-hydrogen) atoms. The Morgan fingerprint density at radius 2 is 1.96 bits per heavy atom. The van der Waals surface area contributed by atoms with Crippen molar-refractivity contribution < 1.29 is 19.1 Å². The lowest BCUT2D eigenvalue weighted by atomic mass is 9.82. The third kappa shape index (κ3) is 3.98. The van der Waals surface area contributed by atoms with Crippen LogP contribution in [0.1, 0.15) is 37.4 Å². The lowest BCUT2D eigenvalue weighted by molar-refractivity contribution is -0.151. The minimum absolute atomic E-state index is 0.0307. The minimum atomic E-state index is -0.521. The molecule has 146 valence electrons. The van der Waals surface area contributed by atoms with E-state index in [2.05, 4.69) is 5.32 Å². The summed E-state index contributed by atoms with van der Waals surface area (Å²) < 4.78 is 11.5. The maximum Gasteiger partial charge on any atom is 0.312 e. The molecule has 0 aromatic heterocycles. The van der Waals surface area contributed by atoms with Crippen LogP contribution in [0.2, 0.25) is 5.02 Å². The maximum absolute atomic E-state index is 12.7. The zero-order valence-electron chi connectivity index (χ0n) is 15.2. The number of nitrogens with zero attached hydrogens (tertiary/aromatic N) is 1. The predicted molar refractivity (Wildman–Crippen MR) is 100 cm³/mol. The topological polar surface area (TPSA) is 67.9 Å². The summed E-state index contributed by atoms with van der Waals surface area (Å²) >= 11 is 6.25. The van der Waals surface area contributed by atoms with Crippen LogP contribution in [0.15, 0.2) is 24.3 Å². The summed E-state index contributed by atoms with van der Waals surface area (Å²) in [4.78, 5) is 26.9. The number of hydrogen-bond donors (Lipinski definition) is 1. The first-order valence-electron chi connectivity index (χ1n) is 9.71. The van der Waals surface area contributed by atoms with E-state index in [4.69, 9.17) is 21.1 Å². The van der Waals surface area contributed by atoms with Crippen LogP contribution < -0.4 is 5.32 Å². The first kappa shape index (κ1) is 18.7. The average molecular weight is 393 g/mol. The molecule has 1 aliphatic carbocycles. The SMILES string of the molecule is O=C(NC1CCCC2OCCC12)C(=O)N1CCOC(c2ccccc2Cl)C1. The summed E-state index contributed by atoms with van der Waals surface area (Å²) in [6, 6.07) is 7.47. The molecule has 2 aliphatic heterocycles. The number of nitrogens with one attached hydrogen (secondary N) is 1. The van der Waals surface area contributed by atoms with Gasteiger partial charge in [0.05, 0.1) is 19.3 Å². The first-order chi connectivity index (χ1) is 13.1. The molecule has 6 nitrogen and oxygen atoms in total. The van der Waals surface area contributed by atoms with E-state index >= 15 is 0 Å². The van der Waals surface area contributed by atoms with Gasteiger partial charge in [-0.3, -0.25) is 9.59 Å². The Balaban J connectivity index is 1.38. The van der Waals surface area contributed by atoms with Crippen molar-refractivity contribution in [3.8, 4) is 0 Å². The Labute approximate surface area is 164 Å². The molecule has 3 aliphatic rings. The highest BCUT2D eigenvalue weighted by Crippen LogP contribution is 2.34. The van der Waals surface area contributed by atoms with Gasteiger partial charge in [-0.2, -0.15) is 0 Å². The highest BCUT2D eigenvalue weighted by atomic mass is 35.5. The largest absolute Gasteiger partial charge is 0.378 e. The Morgan fingerprint density at radius 1 is 1.11 bits per heavy atom. The van der Waals surface area contributed by atoms with Crippen LogP contribution in [0.25, 0.3) is 0 Å². The first-order valence-corrected chi connectivity index (χ1v) is 10.1. The Bertz CT molecular complexity index is 713. The quantitative estimate of drug-likeness (QED) is 0.784. The second-order valence-electron chi connectivity index (χ2n) is 7.50. The zero-order chi connectivity index (χ0) is 18.8. The third-order valence-corrected chi connectivity index (χ3v) is 6.24. The van der Waals surface area contributed by atoms with Gasteiger partial charge in [0.15, 0.2) is 0 Å². The minimum Gasteiger partial charge on any atom is -0.378 e. The molecule has 4 unspecified atom stereocenters. The fraction of sp³-hybridized carbons (Fsp3) is 0.600. The van der Waals surface area contributed by atoms with Crippen molar-refractivity contribution in [3.63, 3.8) is 0 Å². The van der Waals surface area contributed by atoms with Gasteiger partial charge in [-0.25, -0.2) is 0 Å². The summed E-state index contributed by atoms with van der Waals surface area (Å²) in [7, 11) is 0. The molecule has 0 radical (unpaired) electrons. The number of rotatable bonds is 2. The zero-order valence-corrected chi connectivity index (χ0v) is 16.0. The van der Waals surface area contributed by atoms with E-state index in [-0.39, 0.29) is 18.2 Å². The molecule has 2 amide bonds. The molecular formula is C20H25ClN2O4. The van der Waals surface area contributed by atoms with Crippen LogP contribution in [0.4, 0.5) is 0 Å². The summed E-state index contributed by atoms with van der Waals surface area (Å²) in [6.45, 7) is 1.87. The molecule has 7 heteroatoms. The number of amides is 2. The molecule has 0 bridgehead atoms. The molecule has 2 heterocycles. The number of benzene rings is 1. The summed E-state index contributed by atoms with van der Waals surface area (Å²) in [5.74, 6) is -0.681. The van der Waals surface area contributed by atoms with Crippen LogP contribution >= 0.6 is 11.6 Å². The molecule has 1 aromatic carbocycles. The van der Waals surface area contributed by atoms with Crippen LogP contribution in [0.3, 0.4) is 0 Å². The smallest absolute Gasteiger partial charge is 0.312 e. The van der Waals surface area contributed by atoms with Crippen LogP contribution in [0, 0.1) is 5.92 Å². The molecule has 1 N–H and O–H groups in total.